The maximum absolute atomic E-state index is 14.7. The molecule has 0 saturated heterocycles. The molecule has 0 atom stereocenters. The number of amides is 1. The SMILES string of the molecule is COCCNc1ncc2c(n1)CN(C(=O)c1cc(Cc3n[nH]c(=O)c4ccccc34)ccc1F)C2. The number of benzene rings is 2. The minimum Gasteiger partial charge on any atom is -0.383 e. The van der Waals surface area contributed by atoms with Crippen molar-refractivity contribution in [2.24, 2.45) is 0 Å². The predicted octanol–water partition coefficient (Wildman–Crippen LogP) is 2.66. The van der Waals surface area contributed by atoms with Crippen LogP contribution in [-0.4, -0.2) is 51.2 Å². The number of hydrogen-bond donors (Lipinski definition) is 2. The number of ether oxygens (including phenoxy) is 1. The van der Waals surface area contributed by atoms with Crippen molar-refractivity contribution < 1.29 is 13.9 Å². The van der Waals surface area contributed by atoms with Gasteiger partial charge in [0.15, 0.2) is 0 Å². The lowest BCUT2D eigenvalue weighted by Crippen LogP contribution is -2.26. The van der Waals surface area contributed by atoms with E-state index < -0.39 is 11.7 Å². The van der Waals surface area contributed by atoms with E-state index in [1.165, 1.54) is 6.07 Å². The van der Waals surface area contributed by atoms with Crippen LogP contribution in [-0.2, 0) is 24.2 Å². The van der Waals surface area contributed by atoms with Crippen LogP contribution in [0.2, 0.25) is 0 Å². The van der Waals surface area contributed by atoms with Gasteiger partial charge in [0.25, 0.3) is 11.5 Å². The summed E-state index contributed by atoms with van der Waals surface area (Å²) in [5.41, 5.74) is 2.62. The molecule has 2 N–H and O–H groups in total. The summed E-state index contributed by atoms with van der Waals surface area (Å²) in [6.45, 7) is 1.66. The van der Waals surface area contributed by atoms with Crippen molar-refractivity contribution in [2.45, 2.75) is 19.5 Å². The molecule has 0 spiro atoms. The summed E-state index contributed by atoms with van der Waals surface area (Å²) >= 11 is 0. The topological polar surface area (TPSA) is 113 Å². The van der Waals surface area contributed by atoms with Crippen LogP contribution in [0.3, 0.4) is 0 Å². The second-order valence-electron chi connectivity index (χ2n) is 8.28. The zero-order valence-electron chi connectivity index (χ0n) is 19.0. The van der Waals surface area contributed by atoms with E-state index in [0.717, 1.165) is 16.6 Å². The number of hydrogen-bond acceptors (Lipinski definition) is 7. The third-order valence-electron chi connectivity index (χ3n) is 5.94. The van der Waals surface area contributed by atoms with Crippen molar-refractivity contribution in [3.05, 3.63) is 92.9 Å². The van der Waals surface area contributed by atoms with Gasteiger partial charge in [-0.1, -0.05) is 24.3 Å². The van der Waals surface area contributed by atoms with Crippen LogP contribution in [0.5, 0.6) is 0 Å². The molecule has 5 rings (SSSR count). The molecule has 0 unspecified atom stereocenters. The Bertz CT molecular complexity index is 1470. The number of carbonyl (C=O) groups is 1. The number of nitrogens with one attached hydrogen (secondary N) is 2. The van der Waals surface area contributed by atoms with Crippen molar-refractivity contribution >= 4 is 22.6 Å². The Hall–Kier alpha value is -4.18. The van der Waals surface area contributed by atoms with Gasteiger partial charge in [0.05, 0.1) is 35.5 Å². The van der Waals surface area contributed by atoms with Crippen LogP contribution in [0.15, 0.2) is 53.5 Å². The molecular formula is C25H23FN6O3. The van der Waals surface area contributed by atoms with E-state index in [0.29, 0.717) is 48.7 Å². The molecule has 2 aromatic heterocycles. The summed E-state index contributed by atoms with van der Waals surface area (Å²) in [6.07, 6.45) is 2.02. The first-order chi connectivity index (χ1) is 17.0. The fourth-order valence-electron chi connectivity index (χ4n) is 4.16. The van der Waals surface area contributed by atoms with Crippen LogP contribution in [0.4, 0.5) is 10.3 Å². The van der Waals surface area contributed by atoms with Gasteiger partial charge < -0.3 is 15.0 Å². The molecule has 0 fully saturated rings. The number of carbonyl (C=O) groups excluding carboxylic acids is 1. The fourth-order valence-corrected chi connectivity index (χ4v) is 4.16. The monoisotopic (exact) mass is 474 g/mol. The largest absolute Gasteiger partial charge is 0.383 e. The first-order valence-electron chi connectivity index (χ1n) is 11.1. The van der Waals surface area contributed by atoms with Gasteiger partial charge in [0, 0.05) is 43.8 Å². The third kappa shape index (κ3) is 4.60. The standard InChI is InChI=1S/C25H23FN6O3/c1-35-9-8-27-25-28-12-16-13-32(14-22(16)29-25)24(34)19-10-15(6-7-20(19)26)11-21-17-4-2-3-5-18(17)23(33)31-30-21/h2-7,10,12H,8-9,11,13-14H2,1H3,(H,31,33)(H,27,28,29). The Balaban J connectivity index is 1.36. The number of methoxy groups -OCH3 is 1. The Kier molecular flexibility index (Phi) is 6.19. The van der Waals surface area contributed by atoms with E-state index in [-0.39, 0.29) is 17.7 Å². The second kappa shape index (κ2) is 9.59. The smallest absolute Gasteiger partial charge is 0.272 e. The highest BCUT2D eigenvalue weighted by Crippen LogP contribution is 2.25. The molecule has 35 heavy (non-hydrogen) atoms. The number of halogens is 1. The Morgan fingerprint density at radius 1 is 1.20 bits per heavy atom. The first-order valence-corrected chi connectivity index (χ1v) is 11.1. The molecule has 0 saturated carbocycles. The maximum atomic E-state index is 14.7. The molecule has 10 heteroatoms. The average Bonchev–Trinajstić information content (AvgIpc) is 3.30. The molecule has 0 aliphatic carbocycles. The van der Waals surface area contributed by atoms with Gasteiger partial charge in [-0.3, -0.25) is 9.59 Å². The summed E-state index contributed by atoms with van der Waals surface area (Å²) in [5, 5.41) is 11.0. The molecule has 1 aliphatic heterocycles. The lowest BCUT2D eigenvalue weighted by Gasteiger charge is -2.16. The number of aromatic nitrogens is 4. The second-order valence-corrected chi connectivity index (χ2v) is 8.28. The molecular weight excluding hydrogens is 451 g/mol. The van der Waals surface area contributed by atoms with Gasteiger partial charge in [-0.15, -0.1) is 0 Å². The number of rotatable bonds is 7. The summed E-state index contributed by atoms with van der Waals surface area (Å²) in [5.74, 6) is -0.554. The van der Waals surface area contributed by atoms with Crippen molar-refractivity contribution in [2.75, 3.05) is 25.6 Å². The molecule has 0 radical (unpaired) electrons. The van der Waals surface area contributed by atoms with Crippen LogP contribution in [0.25, 0.3) is 10.8 Å². The van der Waals surface area contributed by atoms with Crippen LogP contribution >= 0.6 is 0 Å². The highest BCUT2D eigenvalue weighted by Gasteiger charge is 2.28. The molecule has 3 heterocycles. The van der Waals surface area contributed by atoms with Crippen LogP contribution in [0, 0.1) is 5.82 Å². The van der Waals surface area contributed by atoms with E-state index in [9.17, 15) is 14.0 Å². The Morgan fingerprint density at radius 2 is 2.03 bits per heavy atom. The van der Waals surface area contributed by atoms with Gasteiger partial charge in [-0.2, -0.15) is 5.10 Å². The third-order valence-corrected chi connectivity index (χ3v) is 5.94. The lowest BCUT2D eigenvalue weighted by atomic mass is 10.0. The van der Waals surface area contributed by atoms with E-state index in [2.05, 4.69) is 25.5 Å². The number of fused-ring (bicyclic) bond motifs is 2. The highest BCUT2D eigenvalue weighted by molar-refractivity contribution is 5.95. The van der Waals surface area contributed by atoms with E-state index >= 15 is 0 Å². The van der Waals surface area contributed by atoms with Crippen LogP contribution < -0.4 is 10.9 Å². The fraction of sp³-hybridized carbons (Fsp3) is 0.240. The molecule has 1 amide bonds. The van der Waals surface area contributed by atoms with Crippen molar-refractivity contribution in [3.8, 4) is 0 Å². The normalized spacial score (nSPS) is 12.7. The summed E-state index contributed by atoms with van der Waals surface area (Å²) < 4.78 is 19.7. The predicted molar refractivity (Wildman–Crippen MR) is 128 cm³/mol. The average molecular weight is 474 g/mol. The summed E-state index contributed by atoms with van der Waals surface area (Å²) in [4.78, 5) is 35.6. The van der Waals surface area contributed by atoms with Gasteiger partial charge in [-0.25, -0.2) is 19.5 Å². The first kappa shape index (κ1) is 22.6. The van der Waals surface area contributed by atoms with Crippen molar-refractivity contribution in [1.82, 2.24) is 25.1 Å². The molecule has 4 aromatic rings. The lowest BCUT2D eigenvalue weighted by molar-refractivity contribution is 0.0745. The molecule has 1 aliphatic rings. The van der Waals surface area contributed by atoms with Gasteiger partial charge in [-0.05, 0) is 23.8 Å². The van der Waals surface area contributed by atoms with Crippen molar-refractivity contribution in [1.29, 1.82) is 0 Å². The van der Waals surface area contributed by atoms with E-state index in [4.69, 9.17) is 4.74 Å². The molecule has 178 valence electrons. The minimum atomic E-state index is -0.595. The maximum Gasteiger partial charge on any atom is 0.272 e. The molecule has 2 aromatic carbocycles. The summed E-state index contributed by atoms with van der Waals surface area (Å²) in [6, 6.07) is 11.6. The summed E-state index contributed by atoms with van der Waals surface area (Å²) in [7, 11) is 1.61. The van der Waals surface area contributed by atoms with Crippen molar-refractivity contribution in [3.63, 3.8) is 0 Å². The highest BCUT2D eigenvalue weighted by atomic mass is 19.1. The van der Waals surface area contributed by atoms with Gasteiger partial charge in [0.1, 0.15) is 5.82 Å². The quantitative estimate of drug-likeness (QED) is 0.396. The number of anilines is 1. The molecule has 9 nitrogen and oxygen atoms in total. The zero-order chi connectivity index (χ0) is 24.4. The number of nitrogens with zero attached hydrogens (tertiary/aromatic N) is 4. The van der Waals surface area contributed by atoms with Gasteiger partial charge >= 0.3 is 0 Å². The Labute approximate surface area is 200 Å². The zero-order valence-corrected chi connectivity index (χ0v) is 19.0. The van der Waals surface area contributed by atoms with E-state index in [1.54, 1.807) is 42.5 Å². The molecule has 0 bridgehead atoms. The number of aromatic amines is 1. The van der Waals surface area contributed by atoms with E-state index in [1.807, 2.05) is 12.1 Å². The minimum absolute atomic E-state index is 0.0181. The Morgan fingerprint density at radius 3 is 2.86 bits per heavy atom. The number of H-pyrrole nitrogens is 1. The van der Waals surface area contributed by atoms with Gasteiger partial charge in [0.2, 0.25) is 5.95 Å². The van der Waals surface area contributed by atoms with Crippen LogP contribution in [0.1, 0.15) is 32.9 Å².